The third kappa shape index (κ3) is 2.07. The second-order valence-electron chi connectivity index (χ2n) is 3.12. The lowest BCUT2D eigenvalue weighted by Crippen LogP contribution is -2.10. The summed E-state index contributed by atoms with van der Waals surface area (Å²) in [7, 11) is 1.52. The number of nitrogens with two attached hydrogens (primary N) is 1. The van der Waals surface area contributed by atoms with Crippen LogP contribution < -0.4 is 10.5 Å². The molecule has 2 nitrogen and oxygen atoms in total. The highest BCUT2D eigenvalue weighted by atomic mass is 79.9. The van der Waals surface area contributed by atoms with Gasteiger partial charge in [0.05, 0.1) is 11.6 Å². The molecule has 78 valence electrons. The highest BCUT2D eigenvalue weighted by Crippen LogP contribution is 2.35. The van der Waals surface area contributed by atoms with Crippen LogP contribution in [0.1, 0.15) is 18.4 Å². The van der Waals surface area contributed by atoms with Crippen LogP contribution in [0.5, 0.6) is 5.75 Å². The fraction of sp³-hybridized carbons (Fsp3) is 0.400. The standard InChI is InChI=1S/C10H13BrFNO/c1-6(5-13)7-3-4-8(12)9(11)10(7)14-2/h3-4,6H,5,13H2,1-2H3. The molecule has 0 saturated carbocycles. The lowest BCUT2D eigenvalue weighted by molar-refractivity contribution is 0.399. The van der Waals surface area contributed by atoms with Crippen molar-refractivity contribution in [2.75, 3.05) is 13.7 Å². The van der Waals surface area contributed by atoms with Crippen molar-refractivity contribution < 1.29 is 9.13 Å². The Balaban J connectivity index is 3.23. The molecule has 0 aliphatic carbocycles. The molecule has 0 amide bonds. The van der Waals surface area contributed by atoms with Gasteiger partial charge in [0.1, 0.15) is 11.6 Å². The molecule has 0 aromatic heterocycles. The van der Waals surface area contributed by atoms with Crippen LogP contribution in [-0.2, 0) is 0 Å². The zero-order chi connectivity index (χ0) is 10.7. The summed E-state index contributed by atoms with van der Waals surface area (Å²) in [6.07, 6.45) is 0. The van der Waals surface area contributed by atoms with Crippen LogP contribution >= 0.6 is 15.9 Å². The fourth-order valence-electron chi connectivity index (χ4n) is 1.27. The summed E-state index contributed by atoms with van der Waals surface area (Å²) in [4.78, 5) is 0. The van der Waals surface area contributed by atoms with E-state index in [1.165, 1.54) is 13.2 Å². The Kier molecular flexibility index (Phi) is 3.89. The van der Waals surface area contributed by atoms with Crippen LogP contribution in [-0.4, -0.2) is 13.7 Å². The van der Waals surface area contributed by atoms with E-state index in [0.29, 0.717) is 16.8 Å². The van der Waals surface area contributed by atoms with Gasteiger partial charge < -0.3 is 10.5 Å². The third-order valence-corrected chi connectivity index (χ3v) is 2.91. The van der Waals surface area contributed by atoms with E-state index >= 15 is 0 Å². The van der Waals surface area contributed by atoms with Crippen LogP contribution in [0.3, 0.4) is 0 Å². The first-order valence-corrected chi connectivity index (χ1v) is 5.13. The summed E-state index contributed by atoms with van der Waals surface area (Å²) in [6, 6.07) is 3.12. The minimum absolute atomic E-state index is 0.154. The minimum Gasteiger partial charge on any atom is -0.495 e. The molecule has 4 heteroatoms. The molecule has 0 heterocycles. The second-order valence-corrected chi connectivity index (χ2v) is 3.91. The highest BCUT2D eigenvalue weighted by molar-refractivity contribution is 9.10. The molecular weight excluding hydrogens is 249 g/mol. The van der Waals surface area contributed by atoms with Crippen molar-refractivity contribution in [3.05, 3.63) is 28.0 Å². The zero-order valence-electron chi connectivity index (χ0n) is 8.18. The van der Waals surface area contributed by atoms with Gasteiger partial charge in [-0.05, 0) is 40.0 Å². The van der Waals surface area contributed by atoms with Crippen molar-refractivity contribution in [2.24, 2.45) is 5.73 Å². The van der Waals surface area contributed by atoms with Crippen LogP contribution in [0, 0.1) is 5.82 Å². The first-order chi connectivity index (χ1) is 6.61. The van der Waals surface area contributed by atoms with Gasteiger partial charge in [-0.3, -0.25) is 0 Å². The Hall–Kier alpha value is -0.610. The molecule has 2 N–H and O–H groups in total. The monoisotopic (exact) mass is 261 g/mol. The molecule has 0 bridgehead atoms. The van der Waals surface area contributed by atoms with Crippen molar-refractivity contribution in [3.8, 4) is 5.75 Å². The Morgan fingerprint density at radius 2 is 2.21 bits per heavy atom. The first-order valence-electron chi connectivity index (χ1n) is 4.33. The maximum atomic E-state index is 13.2. The smallest absolute Gasteiger partial charge is 0.141 e. The van der Waals surface area contributed by atoms with E-state index in [4.69, 9.17) is 10.5 Å². The topological polar surface area (TPSA) is 35.2 Å². The van der Waals surface area contributed by atoms with Gasteiger partial charge in [0.15, 0.2) is 0 Å². The van der Waals surface area contributed by atoms with Crippen LogP contribution in [0.25, 0.3) is 0 Å². The molecule has 0 fully saturated rings. The summed E-state index contributed by atoms with van der Waals surface area (Å²) in [6.45, 7) is 2.48. The molecule has 14 heavy (non-hydrogen) atoms. The average molecular weight is 262 g/mol. The average Bonchev–Trinajstić information content (AvgIpc) is 2.20. The van der Waals surface area contributed by atoms with E-state index < -0.39 is 0 Å². The van der Waals surface area contributed by atoms with Gasteiger partial charge in [-0.1, -0.05) is 13.0 Å². The summed E-state index contributed by atoms with van der Waals surface area (Å²) < 4.78 is 18.7. The van der Waals surface area contributed by atoms with Gasteiger partial charge in [-0.25, -0.2) is 4.39 Å². The molecule has 0 aliphatic heterocycles. The predicted octanol–water partition coefficient (Wildman–Crippen LogP) is 2.66. The molecule has 0 radical (unpaired) electrons. The molecule has 1 atom stereocenters. The van der Waals surface area contributed by atoms with Gasteiger partial charge >= 0.3 is 0 Å². The molecule has 0 aliphatic rings. The predicted molar refractivity (Wildman–Crippen MR) is 58.1 cm³/mol. The maximum absolute atomic E-state index is 13.2. The normalized spacial score (nSPS) is 12.6. The van der Waals surface area contributed by atoms with Crippen LogP contribution in [0.4, 0.5) is 4.39 Å². The van der Waals surface area contributed by atoms with Crippen LogP contribution in [0.2, 0.25) is 0 Å². The van der Waals surface area contributed by atoms with Gasteiger partial charge in [-0.2, -0.15) is 0 Å². The van der Waals surface area contributed by atoms with Crippen molar-refractivity contribution in [3.63, 3.8) is 0 Å². The van der Waals surface area contributed by atoms with Gasteiger partial charge in [-0.15, -0.1) is 0 Å². The van der Waals surface area contributed by atoms with E-state index in [2.05, 4.69) is 15.9 Å². The summed E-state index contributed by atoms with van der Waals surface area (Å²) in [5.74, 6) is 0.361. The lowest BCUT2D eigenvalue weighted by Gasteiger charge is -2.15. The minimum atomic E-state index is -0.324. The van der Waals surface area contributed by atoms with E-state index in [1.54, 1.807) is 6.07 Å². The molecular formula is C10H13BrFNO. The number of hydrogen-bond acceptors (Lipinski definition) is 2. The molecule has 1 aromatic rings. The summed E-state index contributed by atoms with van der Waals surface area (Å²) >= 11 is 3.15. The lowest BCUT2D eigenvalue weighted by atomic mass is 10.0. The quantitative estimate of drug-likeness (QED) is 0.908. The Bertz CT molecular complexity index is 330. The van der Waals surface area contributed by atoms with E-state index in [9.17, 15) is 4.39 Å². The summed E-state index contributed by atoms with van der Waals surface area (Å²) in [5, 5.41) is 0. The molecule has 1 aromatic carbocycles. The van der Waals surface area contributed by atoms with E-state index in [1.807, 2.05) is 6.92 Å². The van der Waals surface area contributed by atoms with Gasteiger partial charge in [0, 0.05) is 0 Å². The number of ether oxygens (including phenoxy) is 1. The van der Waals surface area contributed by atoms with Crippen molar-refractivity contribution >= 4 is 15.9 Å². The Morgan fingerprint density at radius 1 is 1.57 bits per heavy atom. The number of benzene rings is 1. The van der Waals surface area contributed by atoms with Crippen LogP contribution in [0.15, 0.2) is 16.6 Å². The Morgan fingerprint density at radius 3 is 2.71 bits per heavy atom. The number of rotatable bonds is 3. The fourth-order valence-corrected chi connectivity index (χ4v) is 1.79. The van der Waals surface area contributed by atoms with Gasteiger partial charge in [0.2, 0.25) is 0 Å². The highest BCUT2D eigenvalue weighted by Gasteiger charge is 2.15. The summed E-state index contributed by atoms with van der Waals surface area (Å²) in [5.41, 5.74) is 6.47. The first kappa shape index (κ1) is 11.5. The number of hydrogen-bond donors (Lipinski definition) is 1. The molecule has 1 unspecified atom stereocenters. The van der Waals surface area contributed by atoms with Gasteiger partial charge in [0.25, 0.3) is 0 Å². The number of halogens is 2. The largest absolute Gasteiger partial charge is 0.495 e. The molecule has 1 rings (SSSR count). The van der Waals surface area contributed by atoms with Crippen molar-refractivity contribution in [1.29, 1.82) is 0 Å². The second kappa shape index (κ2) is 4.75. The third-order valence-electron chi connectivity index (χ3n) is 2.17. The molecule has 0 spiro atoms. The Labute approximate surface area is 91.4 Å². The van der Waals surface area contributed by atoms with E-state index in [0.717, 1.165) is 5.56 Å². The molecule has 0 saturated heterocycles. The van der Waals surface area contributed by atoms with Crippen molar-refractivity contribution in [2.45, 2.75) is 12.8 Å². The maximum Gasteiger partial charge on any atom is 0.141 e. The number of methoxy groups -OCH3 is 1. The zero-order valence-corrected chi connectivity index (χ0v) is 9.77. The van der Waals surface area contributed by atoms with Crippen molar-refractivity contribution in [1.82, 2.24) is 0 Å². The SMILES string of the molecule is COc1c(C(C)CN)ccc(F)c1Br. The van der Waals surface area contributed by atoms with E-state index in [-0.39, 0.29) is 11.7 Å².